The minimum atomic E-state index is -1.06. The molecule has 0 fully saturated rings. The fourth-order valence-electron chi connectivity index (χ4n) is 1.13. The van der Waals surface area contributed by atoms with Crippen molar-refractivity contribution in [3.8, 4) is 0 Å². The molecule has 0 atom stereocenters. The molecule has 0 aliphatic carbocycles. The predicted molar refractivity (Wildman–Crippen MR) is 55.2 cm³/mol. The van der Waals surface area contributed by atoms with Gasteiger partial charge in [0, 0.05) is 5.69 Å². The number of anilines is 1. The third-order valence-corrected chi connectivity index (χ3v) is 1.75. The summed E-state index contributed by atoms with van der Waals surface area (Å²) >= 11 is 0. The number of carboxylic acids is 1. The number of benzene rings is 1. The monoisotopic (exact) mass is 208 g/mol. The molecule has 0 spiro atoms. The van der Waals surface area contributed by atoms with E-state index in [0.29, 0.717) is 5.69 Å². The summed E-state index contributed by atoms with van der Waals surface area (Å²) in [5.41, 5.74) is 6.87. The van der Waals surface area contributed by atoms with Crippen molar-refractivity contribution >= 4 is 17.6 Å². The zero-order chi connectivity index (χ0) is 11.3. The summed E-state index contributed by atoms with van der Waals surface area (Å²) < 4.78 is 0. The van der Waals surface area contributed by atoms with Gasteiger partial charge >= 0.3 is 5.97 Å². The van der Waals surface area contributed by atoms with Gasteiger partial charge in [0.1, 0.15) is 6.54 Å². The quantitative estimate of drug-likeness (QED) is 0.608. The molecule has 0 saturated carbocycles. The minimum Gasteiger partial charge on any atom is -0.480 e. The Morgan fingerprint density at radius 3 is 2.73 bits per heavy atom. The number of nitrogens with two attached hydrogens (primary N) is 1. The van der Waals surface area contributed by atoms with Crippen LogP contribution in [0.1, 0.15) is 5.56 Å². The first-order chi connectivity index (χ1) is 7.08. The molecule has 0 heterocycles. The lowest BCUT2D eigenvalue weighted by atomic mass is 10.1. The average Bonchev–Trinajstić information content (AvgIpc) is 2.15. The summed E-state index contributed by atoms with van der Waals surface area (Å²) in [6, 6.07) is 6.91. The van der Waals surface area contributed by atoms with Crippen LogP contribution >= 0.6 is 0 Å². The Morgan fingerprint density at radius 2 is 2.13 bits per heavy atom. The second-order valence-corrected chi connectivity index (χ2v) is 3.09. The van der Waals surface area contributed by atoms with E-state index in [9.17, 15) is 9.59 Å². The molecule has 4 N–H and O–H groups in total. The summed E-state index contributed by atoms with van der Waals surface area (Å²) in [4.78, 5) is 21.4. The average molecular weight is 208 g/mol. The van der Waals surface area contributed by atoms with Gasteiger partial charge in [0.05, 0.1) is 6.42 Å². The first kappa shape index (κ1) is 11.0. The molecule has 15 heavy (non-hydrogen) atoms. The lowest BCUT2D eigenvalue weighted by Crippen LogP contribution is -2.30. The maximum Gasteiger partial charge on any atom is 0.322 e. The summed E-state index contributed by atoms with van der Waals surface area (Å²) in [6.07, 6.45) is 0.137. The first-order valence-electron chi connectivity index (χ1n) is 4.41. The van der Waals surface area contributed by atoms with E-state index in [2.05, 4.69) is 5.32 Å². The highest BCUT2D eigenvalue weighted by molar-refractivity contribution is 5.82. The molecule has 5 heteroatoms. The summed E-state index contributed by atoms with van der Waals surface area (Å²) in [5, 5.41) is 10.6. The van der Waals surface area contributed by atoms with Gasteiger partial charge in [0.2, 0.25) is 5.91 Å². The maximum atomic E-state index is 11.2. The summed E-state index contributed by atoms with van der Waals surface area (Å²) in [7, 11) is 0. The molecule has 0 radical (unpaired) electrons. The van der Waals surface area contributed by atoms with E-state index < -0.39 is 5.97 Å². The van der Waals surface area contributed by atoms with Crippen LogP contribution < -0.4 is 11.1 Å². The van der Waals surface area contributed by atoms with Gasteiger partial charge in [-0.05, 0) is 17.7 Å². The Hall–Kier alpha value is -2.04. The van der Waals surface area contributed by atoms with Crippen LogP contribution in [0, 0.1) is 0 Å². The molecule has 0 aliphatic rings. The number of amides is 1. The summed E-state index contributed by atoms with van der Waals surface area (Å²) in [6.45, 7) is -0.360. The molecule has 0 aromatic heterocycles. The number of carbonyl (C=O) groups is 2. The molecule has 1 aromatic rings. The van der Waals surface area contributed by atoms with Crippen LogP contribution in [0.2, 0.25) is 0 Å². The van der Waals surface area contributed by atoms with Crippen molar-refractivity contribution in [1.82, 2.24) is 5.32 Å². The smallest absolute Gasteiger partial charge is 0.322 e. The highest BCUT2D eigenvalue weighted by Gasteiger charge is 2.04. The normalized spacial score (nSPS) is 9.60. The van der Waals surface area contributed by atoms with Gasteiger partial charge in [0.15, 0.2) is 0 Å². The second kappa shape index (κ2) is 4.99. The number of nitrogen functional groups attached to an aromatic ring is 1. The van der Waals surface area contributed by atoms with Crippen LogP contribution in [0.4, 0.5) is 5.69 Å². The van der Waals surface area contributed by atoms with Crippen molar-refractivity contribution < 1.29 is 14.7 Å². The fourth-order valence-corrected chi connectivity index (χ4v) is 1.13. The minimum absolute atomic E-state index is 0.137. The van der Waals surface area contributed by atoms with Crippen LogP contribution in [-0.2, 0) is 16.0 Å². The van der Waals surface area contributed by atoms with E-state index in [1.807, 2.05) is 0 Å². The maximum absolute atomic E-state index is 11.2. The molecule has 0 bridgehead atoms. The lowest BCUT2D eigenvalue weighted by Gasteiger charge is -2.03. The largest absolute Gasteiger partial charge is 0.480 e. The van der Waals surface area contributed by atoms with Gasteiger partial charge in [-0.2, -0.15) is 0 Å². The number of aliphatic carboxylic acids is 1. The van der Waals surface area contributed by atoms with Gasteiger partial charge in [-0.3, -0.25) is 9.59 Å². The molecule has 1 amide bonds. The van der Waals surface area contributed by atoms with Crippen molar-refractivity contribution in [3.63, 3.8) is 0 Å². The molecule has 5 nitrogen and oxygen atoms in total. The number of hydrogen-bond acceptors (Lipinski definition) is 3. The number of carbonyl (C=O) groups excluding carboxylic acids is 1. The third-order valence-electron chi connectivity index (χ3n) is 1.75. The lowest BCUT2D eigenvalue weighted by molar-refractivity contribution is -0.137. The second-order valence-electron chi connectivity index (χ2n) is 3.09. The molecule has 1 rings (SSSR count). The molecular weight excluding hydrogens is 196 g/mol. The highest BCUT2D eigenvalue weighted by atomic mass is 16.4. The van der Waals surface area contributed by atoms with Crippen LogP contribution in [0.3, 0.4) is 0 Å². The molecular formula is C10H12N2O3. The number of carboxylic acid groups (broad SMARTS) is 1. The van der Waals surface area contributed by atoms with Crippen LogP contribution in [0.15, 0.2) is 24.3 Å². The molecule has 80 valence electrons. The number of rotatable bonds is 4. The van der Waals surface area contributed by atoms with E-state index in [4.69, 9.17) is 10.8 Å². The van der Waals surface area contributed by atoms with Gasteiger partial charge < -0.3 is 16.2 Å². The van der Waals surface area contributed by atoms with E-state index in [-0.39, 0.29) is 18.9 Å². The Balaban J connectivity index is 2.48. The molecule has 1 aromatic carbocycles. The van der Waals surface area contributed by atoms with Crippen molar-refractivity contribution in [3.05, 3.63) is 29.8 Å². The Bertz CT molecular complexity index is 377. The van der Waals surface area contributed by atoms with Crippen molar-refractivity contribution in [2.45, 2.75) is 6.42 Å². The van der Waals surface area contributed by atoms with E-state index in [1.165, 1.54) is 0 Å². The SMILES string of the molecule is Nc1cccc(CC(=O)NCC(=O)O)c1. The summed E-state index contributed by atoms with van der Waals surface area (Å²) in [5.74, 6) is -1.39. The van der Waals surface area contributed by atoms with Crippen LogP contribution in [0.25, 0.3) is 0 Å². The van der Waals surface area contributed by atoms with Crippen molar-refractivity contribution in [1.29, 1.82) is 0 Å². The highest BCUT2D eigenvalue weighted by Crippen LogP contribution is 2.06. The van der Waals surface area contributed by atoms with E-state index in [1.54, 1.807) is 24.3 Å². The molecule has 0 saturated heterocycles. The Kier molecular flexibility index (Phi) is 3.68. The predicted octanol–water partition coefficient (Wildman–Crippen LogP) is 0.0121. The van der Waals surface area contributed by atoms with E-state index in [0.717, 1.165) is 5.56 Å². The topological polar surface area (TPSA) is 92.4 Å². The Morgan fingerprint density at radius 1 is 1.40 bits per heavy atom. The van der Waals surface area contributed by atoms with Gasteiger partial charge in [-0.15, -0.1) is 0 Å². The van der Waals surface area contributed by atoms with Crippen LogP contribution in [-0.4, -0.2) is 23.5 Å². The molecule has 0 unspecified atom stereocenters. The molecule has 0 aliphatic heterocycles. The van der Waals surface area contributed by atoms with E-state index >= 15 is 0 Å². The Labute approximate surface area is 86.9 Å². The number of hydrogen-bond donors (Lipinski definition) is 3. The standard InChI is InChI=1S/C10H12N2O3/c11-8-3-1-2-7(4-8)5-9(13)12-6-10(14)15/h1-4H,5-6,11H2,(H,12,13)(H,14,15). The van der Waals surface area contributed by atoms with Gasteiger partial charge in [-0.1, -0.05) is 12.1 Å². The van der Waals surface area contributed by atoms with Gasteiger partial charge in [-0.25, -0.2) is 0 Å². The van der Waals surface area contributed by atoms with Crippen LogP contribution in [0.5, 0.6) is 0 Å². The third kappa shape index (κ3) is 4.12. The van der Waals surface area contributed by atoms with Crippen molar-refractivity contribution in [2.24, 2.45) is 0 Å². The number of nitrogens with one attached hydrogen (secondary N) is 1. The van der Waals surface area contributed by atoms with Crippen molar-refractivity contribution in [2.75, 3.05) is 12.3 Å². The zero-order valence-corrected chi connectivity index (χ0v) is 8.06. The first-order valence-corrected chi connectivity index (χ1v) is 4.41. The fraction of sp³-hybridized carbons (Fsp3) is 0.200. The van der Waals surface area contributed by atoms with Gasteiger partial charge in [0.25, 0.3) is 0 Å². The zero-order valence-electron chi connectivity index (χ0n) is 8.06.